The normalized spacial score (nSPS) is 19.9. The summed E-state index contributed by atoms with van der Waals surface area (Å²) in [6, 6.07) is 4.59. The molecule has 0 bridgehead atoms. The van der Waals surface area contributed by atoms with Crippen LogP contribution in [0.5, 0.6) is 0 Å². The molecule has 0 aliphatic carbocycles. The Kier molecular flexibility index (Phi) is 2.96. The van der Waals surface area contributed by atoms with E-state index in [2.05, 4.69) is 45.1 Å². The van der Waals surface area contributed by atoms with Gasteiger partial charge in [0.05, 0.1) is 0 Å². The highest BCUT2D eigenvalue weighted by atomic mass is 32.2. The Bertz CT molecular complexity index is 371. The highest BCUT2D eigenvalue weighted by Gasteiger charge is 2.21. The van der Waals surface area contributed by atoms with Gasteiger partial charge in [-0.1, -0.05) is 13.8 Å². The molecule has 2 heteroatoms. The lowest BCUT2D eigenvalue weighted by Gasteiger charge is -2.28. The summed E-state index contributed by atoms with van der Waals surface area (Å²) in [5.74, 6) is 0.734. The first kappa shape index (κ1) is 10.9. The minimum absolute atomic E-state index is 0.708. The number of hydrogen-bond donors (Lipinski definition) is 1. The van der Waals surface area contributed by atoms with E-state index in [4.69, 9.17) is 0 Å². The Morgan fingerprint density at radius 3 is 2.60 bits per heavy atom. The molecule has 1 heterocycles. The van der Waals surface area contributed by atoms with Crippen LogP contribution in [0.2, 0.25) is 0 Å². The van der Waals surface area contributed by atoms with Crippen LogP contribution in [0.15, 0.2) is 17.0 Å². The summed E-state index contributed by atoms with van der Waals surface area (Å²) in [6.45, 7) is 10.1. The fourth-order valence-corrected chi connectivity index (χ4v) is 3.08. The number of aryl methyl sites for hydroxylation is 2. The predicted octanol–water partition coefficient (Wildman–Crippen LogP) is 3.85. The van der Waals surface area contributed by atoms with E-state index in [9.17, 15) is 0 Å². The zero-order valence-corrected chi connectivity index (χ0v) is 10.7. The Balaban J connectivity index is 2.30. The van der Waals surface area contributed by atoms with Crippen molar-refractivity contribution in [3.05, 3.63) is 23.3 Å². The van der Waals surface area contributed by atoms with Gasteiger partial charge in [-0.05, 0) is 43.0 Å². The number of benzene rings is 1. The lowest BCUT2D eigenvalue weighted by Crippen LogP contribution is -2.26. The molecule has 1 unspecified atom stereocenters. The Labute approximate surface area is 96.7 Å². The SMILES string of the molecule is Cc1cc2c(cc1C)SC(C(C)C)CN2. The van der Waals surface area contributed by atoms with Crippen LogP contribution in [-0.4, -0.2) is 11.8 Å². The number of rotatable bonds is 1. The summed E-state index contributed by atoms with van der Waals surface area (Å²) in [5.41, 5.74) is 4.09. The van der Waals surface area contributed by atoms with Crippen LogP contribution in [0.1, 0.15) is 25.0 Å². The lowest BCUT2D eigenvalue weighted by molar-refractivity contribution is 0.620. The molecule has 82 valence electrons. The molecule has 0 spiro atoms. The van der Waals surface area contributed by atoms with E-state index in [1.165, 1.54) is 21.7 Å². The van der Waals surface area contributed by atoms with Crippen LogP contribution in [0, 0.1) is 19.8 Å². The van der Waals surface area contributed by atoms with Crippen LogP contribution < -0.4 is 5.32 Å². The summed E-state index contributed by atoms with van der Waals surface area (Å²) in [6.07, 6.45) is 0. The molecule has 0 saturated heterocycles. The Hall–Kier alpha value is -0.630. The molecule has 1 aliphatic rings. The van der Waals surface area contributed by atoms with Gasteiger partial charge in [0.1, 0.15) is 0 Å². The summed E-state index contributed by atoms with van der Waals surface area (Å²) in [5, 5.41) is 4.25. The van der Waals surface area contributed by atoms with Crippen molar-refractivity contribution in [1.82, 2.24) is 0 Å². The fourth-order valence-electron chi connectivity index (χ4n) is 1.81. The standard InChI is InChI=1S/C13H19NS/c1-8(2)13-7-14-11-5-9(3)10(4)6-12(11)15-13/h5-6,8,13-14H,7H2,1-4H3. The molecular formula is C13H19NS. The van der Waals surface area contributed by atoms with Crippen LogP contribution in [0.3, 0.4) is 0 Å². The minimum Gasteiger partial charge on any atom is -0.383 e. The van der Waals surface area contributed by atoms with Crippen LogP contribution >= 0.6 is 11.8 Å². The van der Waals surface area contributed by atoms with Gasteiger partial charge in [-0.25, -0.2) is 0 Å². The van der Waals surface area contributed by atoms with Gasteiger partial charge < -0.3 is 5.32 Å². The van der Waals surface area contributed by atoms with Crippen molar-refractivity contribution < 1.29 is 0 Å². The van der Waals surface area contributed by atoms with Crippen molar-refractivity contribution in [2.24, 2.45) is 5.92 Å². The molecule has 1 nitrogen and oxygen atoms in total. The van der Waals surface area contributed by atoms with Gasteiger partial charge in [0.2, 0.25) is 0 Å². The van der Waals surface area contributed by atoms with Gasteiger partial charge in [0, 0.05) is 22.4 Å². The third-order valence-corrected chi connectivity index (χ3v) is 4.72. The van der Waals surface area contributed by atoms with E-state index in [0.717, 1.165) is 12.5 Å². The second-order valence-corrected chi connectivity index (χ2v) is 5.99. The van der Waals surface area contributed by atoms with Gasteiger partial charge in [-0.3, -0.25) is 0 Å². The van der Waals surface area contributed by atoms with Crippen molar-refractivity contribution in [2.75, 3.05) is 11.9 Å². The smallest absolute Gasteiger partial charge is 0.0481 e. The highest BCUT2D eigenvalue weighted by Crippen LogP contribution is 2.39. The first-order valence-electron chi connectivity index (χ1n) is 5.59. The summed E-state index contributed by atoms with van der Waals surface area (Å²) < 4.78 is 0. The quantitative estimate of drug-likeness (QED) is 0.773. The molecule has 0 saturated carbocycles. The maximum Gasteiger partial charge on any atom is 0.0481 e. The highest BCUT2D eigenvalue weighted by molar-refractivity contribution is 8.00. The van der Waals surface area contributed by atoms with E-state index in [-0.39, 0.29) is 0 Å². The lowest BCUT2D eigenvalue weighted by atomic mass is 10.1. The number of fused-ring (bicyclic) bond motifs is 1. The Morgan fingerprint density at radius 2 is 1.93 bits per heavy atom. The second kappa shape index (κ2) is 4.09. The van der Waals surface area contributed by atoms with Crippen LogP contribution in [0.4, 0.5) is 5.69 Å². The molecule has 0 amide bonds. The minimum atomic E-state index is 0.708. The van der Waals surface area contributed by atoms with E-state index in [1.54, 1.807) is 0 Å². The number of thioether (sulfide) groups is 1. The monoisotopic (exact) mass is 221 g/mol. The zero-order valence-electron chi connectivity index (χ0n) is 9.92. The number of hydrogen-bond acceptors (Lipinski definition) is 2. The molecule has 0 fully saturated rings. The second-order valence-electron chi connectivity index (χ2n) is 4.71. The molecule has 1 aromatic carbocycles. The van der Waals surface area contributed by atoms with Crippen molar-refractivity contribution >= 4 is 17.4 Å². The molecule has 1 aromatic rings. The molecule has 0 aromatic heterocycles. The van der Waals surface area contributed by atoms with E-state index in [0.29, 0.717) is 5.25 Å². The third kappa shape index (κ3) is 2.15. The fraction of sp³-hybridized carbons (Fsp3) is 0.538. The average molecular weight is 221 g/mol. The first-order valence-corrected chi connectivity index (χ1v) is 6.47. The number of nitrogens with one attached hydrogen (secondary N) is 1. The molecule has 1 N–H and O–H groups in total. The zero-order chi connectivity index (χ0) is 11.0. The maximum atomic E-state index is 3.54. The third-order valence-electron chi connectivity index (χ3n) is 3.11. The maximum absolute atomic E-state index is 3.54. The summed E-state index contributed by atoms with van der Waals surface area (Å²) in [4.78, 5) is 1.42. The molecular weight excluding hydrogens is 202 g/mol. The Morgan fingerprint density at radius 1 is 1.27 bits per heavy atom. The van der Waals surface area contributed by atoms with Gasteiger partial charge in [0.25, 0.3) is 0 Å². The molecule has 1 aliphatic heterocycles. The molecule has 2 rings (SSSR count). The average Bonchev–Trinajstić information content (AvgIpc) is 2.19. The topological polar surface area (TPSA) is 12.0 Å². The van der Waals surface area contributed by atoms with E-state index in [1.807, 2.05) is 11.8 Å². The van der Waals surface area contributed by atoms with Gasteiger partial charge >= 0.3 is 0 Å². The van der Waals surface area contributed by atoms with Crippen molar-refractivity contribution in [3.8, 4) is 0 Å². The van der Waals surface area contributed by atoms with Crippen molar-refractivity contribution in [1.29, 1.82) is 0 Å². The molecule has 1 atom stereocenters. The van der Waals surface area contributed by atoms with Gasteiger partial charge in [-0.2, -0.15) is 0 Å². The van der Waals surface area contributed by atoms with Crippen LogP contribution in [-0.2, 0) is 0 Å². The molecule has 0 radical (unpaired) electrons. The summed E-state index contributed by atoms with van der Waals surface area (Å²) in [7, 11) is 0. The van der Waals surface area contributed by atoms with Gasteiger partial charge in [-0.15, -0.1) is 11.8 Å². The first-order chi connectivity index (χ1) is 7.08. The predicted molar refractivity (Wildman–Crippen MR) is 68.9 cm³/mol. The van der Waals surface area contributed by atoms with Crippen molar-refractivity contribution in [3.63, 3.8) is 0 Å². The van der Waals surface area contributed by atoms with Crippen molar-refractivity contribution in [2.45, 2.75) is 37.8 Å². The summed E-state index contributed by atoms with van der Waals surface area (Å²) >= 11 is 2.03. The van der Waals surface area contributed by atoms with E-state index >= 15 is 0 Å². The van der Waals surface area contributed by atoms with Gasteiger partial charge in [0.15, 0.2) is 0 Å². The van der Waals surface area contributed by atoms with Crippen LogP contribution in [0.25, 0.3) is 0 Å². The molecule has 15 heavy (non-hydrogen) atoms. The largest absolute Gasteiger partial charge is 0.383 e. The number of anilines is 1. The van der Waals surface area contributed by atoms with E-state index < -0.39 is 0 Å².